The Balaban J connectivity index is 1.16. The third kappa shape index (κ3) is 5.36. The molecule has 0 saturated heterocycles. The molecule has 9 rings (SSSR count). The number of benzene rings is 4. The number of hydrogen-bond acceptors (Lipinski definition) is 2. The first-order valence-electron chi connectivity index (χ1n) is 17.9. The Hall–Kier alpha value is -5.60. The molecule has 6 aromatic rings. The lowest BCUT2D eigenvalue weighted by Gasteiger charge is -2.39. The second-order valence-corrected chi connectivity index (χ2v) is 15.0. The second-order valence-electron chi connectivity index (χ2n) is 15.0. The first kappa shape index (κ1) is 30.5. The number of hydrogen-bond donors (Lipinski definition) is 0. The molecular formula is C48H40N2. The maximum absolute atomic E-state index is 4.59. The summed E-state index contributed by atoms with van der Waals surface area (Å²) in [4.78, 5) is 8.76. The number of rotatable bonds is 5. The summed E-state index contributed by atoms with van der Waals surface area (Å²) in [6, 6.07) is 39.8. The predicted octanol–water partition coefficient (Wildman–Crippen LogP) is 12.5. The van der Waals surface area contributed by atoms with Gasteiger partial charge in [0.15, 0.2) is 0 Å². The zero-order chi connectivity index (χ0) is 33.8. The van der Waals surface area contributed by atoms with Crippen molar-refractivity contribution in [3.8, 4) is 55.8 Å². The molecule has 0 amide bonds. The highest BCUT2D eigenvalue weighted by atomic mass is 14.7. The minimum atomic E-state index is 0.177. The largest absolute Gasteiger partial charge is 0.265 e. The van der Waals surface area contributed by atoms with Crippen molar-refractivity contribution in [2.24, 2.45) is 11.3 Å². The maximum atomic E-state index is 4.59. The number of nitrogens with zero attached hydrogens (tertiary/aromatic N) is 2. The van der Waals surface area contributed by atoms with E-state index in [2.05, 4.69) is 152 Å². The fourth-order valence-corrected chi connectivity index (χ4v) is 8.21. The predicted molar refractivity (Wildman–Crippen MR) is 209 cm³/mol. The van der Waals surface area contributed by atoms with Gasteiger partial charge in [0, 0.05) is 30.1 Å². The van der Waals surface area contributed by atoms with Gasteiger partial charge in [-0.1, -0.05) is 123 Å². The highest BCUT2D eigenvalue weighted by Gasteiger charge is 2.36. The van der Waals surface area contributed by atoms with Crippen molar-refractivity contribution < 1.29 is 0 Å². The van der Waals surface area contributed by atoms with Crippen LogP contribution in [-0.4, -0.2) is 9.97 Å². The van der Waals surface area contributed by atoms with Crippen LogP contribution in [0.25, 0.3) is 67.4 Å². The zero-order valence-electron chi connectivity index (χ0n) is 28.9. The number of allylic oxidation sites excluding steroid dienone is 5. The molecule has 0 spiro atoms. The first-order chi connectivity index (χ1) is 24.4. The minimum Gasteiger partial charge on any atom is -0.265 e. The van der Waals surface area contributed by atoms with E-state index in [1.54, 1.807) is 16.7 Å². The smallest absolute Gasteiger partial charge is 0.0701 e. The lowest BCUT2D eigenvalue weighted by molar-refractivity contribution is 0.468. The molecule has 0 aliphatic heterocycles. The van der Waals surface area contributed by atoms with Crippen molar-refractivity contribution in [3.63, 3.8) is 0 Å². The van der Waals surface area contributed by atoms with Gasteiger partial charge in [0.25, 0.3) is 0 Å². The van der Waals surface area contributed by atoms with E-state index < -0.39 is 0 Å². The van der Waals surface area contributed by atoms with Gasteiger partial charge in [0.2, 0.25) is 0 Å². The van der Waals surface area contributed by atoms with Crippen molar-refractivity contribution in [2.75, 3.05) is 0 Å². The van der Waals surface area contributed by atoms with E-state index in [1.807, 2.05) is 24.7 Å². The summed E-state index contributed by atoms with van der Waals surface area (Å²) in [5.74, 6) is 0.433. The minimum absolute atomic E-state index is 0.177. The van der Waals surface area contributed by atoms with Crippen LogP contribution < -0.4 is 0 Å². The molecule has 0 saturated carbocycles. The summed E-state index contributed by atoms with van der Waals surface area (Å²) in [6.07, 6.45) is 16.3. The average Bonchev–Trinajstić information content (AvgIpc) is 3.17. The van der Waals surface area contributed by atoms with Crippen LogP contribution in [0.2, 0.25) is 0 Å². The lowest BCUT2D eigenvalue weighted by Crippen LogP contribution is -2.23. The molecule has 2 nitrogen and oxygen atoms in total. The Morgan fingerprint density at radius 1 is 0.600 bits per heavy atom. The van der Waals surface area contributed by atoms with Crippen molar-refractivity contribution in [3.05, 3.63) is 168 Å². The molecule has 0 radical (unpaired) electrons. The van der Waals surface area contributed by atoms with Crippen LogP contribution in [0, 0.1) is 11.3 Å². The van der Waals surface area contributed by atoms with E-state index in [1.165, 1.54) is 61.2 Å². The Morgan fingerprint density at radius 2 is 1.20 bits per heavy atom. The standard InChI is InChI=1S/C48H40N2/c1-48(2,3)40-28-38-19-21-41-43(35-13-11-32(12-14-35)31-7-9-33(10-8-31)34-23-26-49-27-24-34)30-44(42-22-20-39(29-40)46(38)47(41)42)36-15-17-37(18-16-36)45-6-4-5-25-50-45/h4-18,20,22-28,30,39H,19,21,29H2,1-3H3. The van der Waals surface area contributed by atoms with E-state index in [0.29, 0.717) is 5.92 Å². The van der Waals surface area contributed by atoms with Crippen molar-refractivity contribution in [1.29, 1.82) is 0 Å². The van der Waals surface area contributed by atoms with Gasteiger partial charge in [-0.05, 0) is 127 Å². The molecule has 1 unspecified atom stereocenters. The number of pyridine rings is 2. The van der Waals surface area contributed by atoms with Gasteiger partial charge in [-0.2, -0.15) is 0 Å². The Labute approximate surface area is 295 Å². The Bertz CT molecular complexity index is 2320. The molecule has 50 heavy (non-hydrogen) atoms. The summed E-state index contributed by atoms with van der Waals surface area (Å²) in [7, 11) is 0. The monoisotopic (exact) mass is 644 g/mol. The molecule has 1 atom stereocenters. The fourth-order valence-electron chi connectivity index (χ4n) is 8.21. The molecule has 3 aliphatic rings. The molecule has 2 heterocycles. The average molecular weight is 645 g/mol. The topological polar surface area (TPSA) is 25.8 Å². The Kier molecular flexibility index (Phi) is 7.35. The third-order valence-corrected chi connectivity index (χ3v) is 10.9. The van der Waals surface area contributed by atoms with Crippen LogP contribution in [0.15, 0.2) is 151 Å². The molecule has 0 fully saturated rings. The van der Waals surface area contributed by atoms with E-state index in [4.69, 9.17) is 0 Å². The Morgan fingerprint density at radius 3 is 1.82 bits per heavy atom. The van der Waals surface area contributed by atoms with Gasteiger partial charge in [0.05, 0.1) is 5.69 Å². The van der Waals surface area contributed by atoms with Crippen LogP contribution in [0.5, 0.6) is 0 Å². The molecule has 2 aromatic heterocycles. The summed E-state index contributed by atoms with van der Waals surface area (Å²) in [6.45, 7) is 7.09. The fraction of sp³-hybridized carbons (Fsp3) is 0.167. The maximum Gasteiger partial charge on any atom is 0.0701 e. The molecule has 0 bridgehead atoms. The van der Waals surface area contributed by atoms with E-state index in [9.17, 15) is 0 Å². The van der Waals surface area contributed by atoms with Gasteiger partial charge in [-0.3, -0.25) is 9.97 Å². The van der Waals surface area contributed by atoms with Crippen LogP contribution in [0.3, 0.4) is 0 Å². The molecule has 2 heteroatoms. The van der Waals surface area contributed by atoms with Crippen LogP contribution in [-0.2, 0) is 6.42 Å². The van der Waals surface area contributed by atoms with Crippen molar-refractivity contribution in [2.45, 2.75) is 40.0 Å². The highest BCUT2D eigenvalue weighted by molar-refractivity contribution is 5.97. The van der Waals surface area contributed by atoms with Crippen molar-refractivity contribution in [1.82, 2.24) is 9.97 Å². The zero-order valence-corrected chi connectivity index (χ0v) is 28.9. The van der Waals surface area contributed by atoms with Gasteiger partial charge in [-0.25, -0.2) is 0 Å². The second kappa shape index (κ2) is 12.1. The van der Waals surface area contributed by atoms with Gasteiger partial charge in [-0.15, -0.1) is 0 Å². The molecule has 3 aliphatic carbocycles. The molecular weight excluding hydrogens is 605 g/mol. The third-order valence-electron chi connectivity index (χ3n) is 10.9. The van der Waals surface area contributed by atoms with Gasteiger partial charge in [0.1, 0.15) is 0 Å². The summed E-state index contributed by atoms with van der Waals surface area (Å²) < 4.78 is 0. The van der Waals surface area contributed by atoms with Crippen molar-refractivity contribution >= 4 is 11.6 Å². The van der Waals surface area contributed by atoms with E-state index >= 15 is 0 Å². The van der Waals surface area contributed by atoms with Gasteiger partial charge < -0.3 is 0 Å². The van der Waals surface area contributed by atoms with Crippen LogP contribution in [0.4, 0.5) is 0 Å². The highest BCUT2D eigenvalue weighted by Crippen LogP contribution is 2.53. The molecule has 242 valence electrons. The summed E-state index contributed by atoms with van der Waals surface area (Å²) in [5, 5.41) is 0. The molecule has 4 aromatic carbocycles. The normalized spacial score (nSPS) is 16.2. The van der Waals surface area contributed by atoms with Crippen LogP contribution >= 0.6 is 0 Å². The van der Waals surface area contributed by atoms with E-state index in [0.717, 1.165) is 30.5 Å². The SMILES string of the molecule is CC(C)(C)C1=CC2=C3c4c(c(-c5ccc(-c6ccccn6)cc5)cc(-c5ccc(-c6ccc(-c7ccncc7)cc6)cc5)c4CC2)C=CC3C1. The quantitative estimate of drug-likeness (QED) is 0.187. The lowest BCUT2D eigenvalue weighted by atomic mass is 9.65. The van der Waals surface area contributed by atoms with Gasteiger partial charge >= 0.3 is 0 Å². The van der Waals surface area contributed by atoms with E-state index in [-0.39, 0.29) is 5.41 Å². The van der Waals surface area contributed by atoms with Crippen LogP contribution in [0.1, 0.15) is 50.3 Å². The summed E-state index contributed by atoms with van der Waals surface area (Å²) >= 11 is 0. The molecule has 0 N–H and O–H groups in total. The number of aromatic nitrogens is 2. The first-order valence-corrected chi connectivity index (χ1v) is 17.9. The summed E-state index contributed by atoms with van der Waals surface area (Å²) in [5.41, 5.74) is 21.4.